The second-order valence-corrected chi connectivity index (χ2v) is 3.61. The molecule has 3 nitrogen and oxygen atoms in total. The lowest BCUT2D eigenvalue weighted by molar-refractivity contribution is 0.398. The number of benzene rings is 1. The molecule has 0 heterocycles. The average molecular weight is 212 g/mol. The Kier molecular flexibility index (Phi) is 3.71. The molecule has 0 atom stereocenters. The maximum absolute atomic E-state index is 13.8. The molecular weight excluding hydrogens is 198 g/mol. The van der Waals surface area contributed by atoms with Gasteiger partial charge in [0.2, 0.25) is 0 Å². The van der Waals surface area contributed by atoms with Crippen LogP contribution in [0, 0.1) is 5.82 Å². The van der Waals surface area contributed by atoms with Gasteiger partial charge < -0.3 is 14.8 Å². The summed E-state index contributed by atoms with van der Waals surface area (Å²) in [7, 11) is -0.506. The van der Waals surface area contributed by atoms with Gasteiger partial charge in [0.1, 0.15) is 11.6 Å². The monoisotopic (exact) mass is 212 g/mol. The van der Waals surface area contributed by atoms with E-state index in [1.54, 1.807) is 6.07 Å². The summed E-state index contributed by atoms with van der Waals surface area (Å²) >= 11 is 0. The summed E-state index contributed by atoms with van der Waals surface area (Å²) in [5.41, 5.74) is 0.239. The molecule has 0 saturated carbocycles. The molecule has 0 unspecified atom stereocenters. The van der Waals surface area contributed by atoms with Crippen LogP contribution in [0.4, 0.5) is 4.39 Å². The van der Waals surface area contributed by atoms with Crippen LogP contribution < -0.4 is 10.2 Å². The van der Waals surface area contributed by atoms with E-state index in [0.717, 1.165) is 0 Å². The molecule has 1 aromatic rings. The molecule has 2 N–H and O–H groups in total. The van der Waals surface area contributed by atoms with Gasteiger partial charge in [-0.1, -0.05) is 19.9 Å². The third-order valence-electron chi connectivity index (χ3n) is 2.27. The van der Waals surface area contributed by atoms with Crippen LogP contribution >= 0.6 is 0 Å². The molecular formula is C10H14BFO3. The summed E-state index contributed by atoms with van der Waals surface area (Å²) in [5, 5.41) is 18.1. The second kappa shape index (κ2) is 4.64. The topological polar surface area (TPSA) is 49.7 Å². The smallest absolute Gasteiger partial charge is 0.495 e. The van der Waals surface area contributed by atoms with E-state index in [0.29, 0.717) is 5.56 Å². The Hall–Kier alpha value is -1.07. The number of methoxy groups -OCH3 is 1. The van der Waals surface area contributed by atoms with Crippen LogP contribution in [-0.2, 0) is 0 Å². The fourth-order valence-corrected chi connectivity index (χ4v) is 1.46. The number of ether oxygens (including phenoxy) is 1. The molecule has 0 amide bonds. The van der Waals surface area contributed by atoms with E-state index in [2.05, 4.69) is 0 Å². The van der Waals surface area contributed by atoms with Gasteiger partial charge in [0.05, 0.1) is 12.6 Å². The molecule has 5 heteroatoms. The summed E-state index contributed by atoms with van der Waals surface area (Å²) < 4.78 is 18.7. The van der Waals surface area contributed by atoms with Gasteiger partial charge in [-0.25, -0.2) is 4.39 Å². The van der Waals surface area contributed by atoms with Gasteiger partial charge in [0.15, 0.2) is 0 Å². The first kappa shape index (κ1) is 12.0. The normalized spacial score (nSPS) is 10.6. The molecule has 1 rings (SSSR count). The Morgan fingerprint density at radius 2 is 1.93 bits per heavy atom. The highest BCUT2D eigenvalue weighted by Gasteiger charge is 2.25. The van der Waals surface area contributed by atoms with Crippen molar-refractivity contribution in [1.29, 1.82) is 0 Å². The van der Waals surface area contributed by atoms with Crippen LogP contribution in [0.3, 0.4) is 0 Å². The van der Waals surface area contributed by atoms with Gasteiger partial charge in [0, 0.05) is 0 Å². The lowest BCUT2D eigenvalue weighted by Gasteiger charge is -2.14. The lowest BCUT2D eigenvalue weighted by atomic mass is 9.77. The second-order valence-electron chi connectivity index (χ2n) is 3.61. The molecule has 15 heavy (non-hydrogen) atoms. The van der Waals surface area contributed by atoms with E-state index in [1.165, 1.54) is 13.2 Å². The first-order valence-electron chi connectivity index (χ1n) is 4.71. The summed E-state index contributed by atoms with van der Waals surface area (Å²) in [5.74, 6) is -0.486. The van der Waals surface area contributed by atoms with Crippen molar-refractivity contribution in [2.24, 2.45) is 0 Å². The molecule has 1 aromatic carbocycles. The zero-order valence-electron chi connectivity index (χ0n) is 8.99. The van der Waals surface area contributed by atoms with Crippen molar-refractivity contribution >= 4 is 12.6 Å². The molecule has 0 saturated heterocycles. The minimum Gasteiger partial charge on any atom is -0.497 e. The van der Waals surface area contributed by atoms with E-state index in [-0.39, 0.29) is 17.1 Å². The predicted molar refractivity (Wildman–Crippen MR) is 56.9 cm³/mol. The van der Waals surface area contributed by atoms with E-state index in [9.17, 15) is 4.39 Å². The highest BCUT2D eigenvalue weighted by Crippen LogP contribution is 2.21. The van der Waals surface area contributed by atoms with E-state index in [1.807, 2.05) is 13.8 Å². The van der Waals surface area contributed by atoms with Crippen LogP contribution in [0.2, 0.25) is 0 Å². The van der Waals surface area contributed by atoms with Gasteiger partial charge in [-0.3, -0.25) is 0 Å². The van der Waals surface area contributed by atoms with E-state index in [4.69, 9.17) is 14.8 Å². The summed E-state index contributed by atoms with van der Waals surface area (Å²) in [6, 6.07) is 3.12. The maximum atomic E-state index is 13.8. The van der Waals surface area contributed by atoms with Gasteiger partial charge in [0.25, 0.3) is 0 Å². The number of hydrogen-bond acceptors (Lipinski definition) is 3. The van der Waals surface area contributed by atoms with E-state index >= 15 is 0 Å². The SMILES string of the molecule is COc1ccc(C(C)C)c(F)c1B(O)O. The van der Waals surface area contributed by atoms with Gasteiger partial charge in [-0.05, 0) is 17.5 Å². The van der Waals surface area contributed by atoms with Crippen molar-refractivity contribution in [3.8, 4) is 5.75 Å². The summed E-state index contributed by atoms with van der Waals surface area (Å²) in [6.07, 6.45) is 0. The Labute approximate surface area is 88.7 Å². The van der Waals surface area contributed by atoms with Crippen LogP contribution in [0.15, 0.2) is 12.1 Å². The predicted octanol–water partition coefficient (Wildman–Crippen LogP) is 0.637. The molecule has 0 aliphatic rings. The molecule has 0 bridgehead atoms. The third kappa shape index (κ3) is 2.30. The van der Waals surface area contributed by atoms with Crippen LogP contribution in [0.1, 0.15) is 25.3 Å². The van der Waals surface area contributed by atoms with Crippen LogP contribution in [0.25, 0.3) is 0 Å². The average Bonchev–Trinajstić information content (AvgIpc) is 2.15. The molecule has 0 aromatic heterocycles. The van der Waals surface area contributed by atoms with Crippen LogP contribution in [0.5, 0.6) is 5.75 Å². The van der Waals surface area contributed by atoms with Crippen molar-refractivity contribution in [3.63, 3.8) is 0 Å². The zero-order valence-corrected chi connectivity index (χ0v) is 8.99. The standard InChI is InChI=1S/C10H14BFO3/c1-6(2)7-4-5-8(15-3)9(10(7)12)11(13)14/h4-6,13-14H,1-3H3. The molecule has 0 spiro atoms. The Morgan fingerprint density at radius 1 is 1.33 bits per heavy atom. The lowest BCUT2D eigenvalue weighted by Crippen LogP contribution is -2.35. The molecule has 0 aliphatic heterocycles. The number of halogens is 1. The van der Waals surface area contributed by atoms with Gasteiger partial charge >= 0.3 is 7.12 Å². The third-order valence-corrected chi connectivity index (χ3v) is 2.27. The van der Waals surface area contributed by atoms with Crippen LogP contribution in [-0.4, -0.2) is 24.3 Å². The maximum Gasteiger partial charge on any atom is 0.495 e. The Morgan fingerprint density at radius 3 is 2.33 bits per heavy atom. The van der Waals surface area contributed by atoms with Crippen molar-refractivity contribution < 1.29 is 19.2 Å². The minimum absolute atomic E-state index is 0.0200. The minimum atomic E-state index is -1.86. The van der Waals surface area contributed by atoms with Crippen molar-refractivity contribution in [3.05, 3.63) is 23.5 Å². The molecule has 82 valence electrons. The molecule has 0 fully saturated rings. The first-order valence-corrected chi connectivity index (χ1v) is 4.71. The quantitative estimate of drug-likeness (QED) is 0.722. The molecule has 0 radical (unpaired) electrons. The zero-order chi connectivity index (χ0) is 11.6. The highest BCUT2D eigenvalue weighted by molar-refractivity contribution is 6.59. The fourth-order valence-electron chi connectivity index (χ4n) is 1.46. The number of rotatable bonds is 3. The number of hydrogen-bond donors (Lipinski definition) is 2. The largest absolute Gasteiger partial charge is 0.497 e. The summed E-state index contributed by atoms with van der Waals surface area (Å²) in [6.45, 7) is 3.66. The van der Waals surface area contributed by atoms with Gasteiger partial charge in [-0.2, -0.15) is 0 Å². The Bertz CT molecular complexity index is 353. The highest BCUT2D eigenvalue weighted by atomic mass is 19.1. The molecule has 0 aliphatic carbocycles. The Balaban J connectivity index is 3.36. The fraction of sp³-hybridized carbons (Fsp3) is 0.400. The van der Waals surface area contributed by atoms with Crippen molar-refractivity contribution in [1.82, 2.24) is 0 Å². The first-order chi connectivity index (χ1) is 6.99. The van der Waals surface area contributed by atoms with Crippen molar-refractivity contribution in [2.45, 2.75) is 19.8 Å². The van der Waals surface area contributed by atoms with Crippen molar-refractivity contribution in [2.75, 3.05) is 7.11 Å². The van der Waals surface area contributed by atoms with E-state index < -0.39 is 12.9 Å². The van der Waals surface area contributed by atoms with Gasteiger partial charge in [-0.15, -0.1) is 0 Å². The summed E-state index contributed by atoms with van der Waals surface area (Å²) in [4.78, 5) is 0.